The molecule has 3 aromatic rings. The van der Waals surface area contributed by atoms with Crippen LogP contribution in [-0.4, -0.2) is 36.8 Å². The van der Waals surface area contributed by atoms with Gasteiger partial charge in [0, 0.05) is 24.6 Å². The van der Waals surface area contributed by atoms with Crippen LogP contribution in [0.1, 0.15) is 54.5 Å². The van der Waals surface area contributed by atoms with Crippen molar-refractivity contribution in [2.24, 2.45) is 0 Å². The van der Waals surface area contributed by atoms with E-state index in [1.807, 2.05) is 12.1 Å². The lowest BCUT2D eigenvalue weighted by Crippen LogP contribution is -2.28. The van der Waals surface area contributed by atoms with E-state index in [0.29, 0.717) is 29.6 Å². The second kappa shape index (κ2) is 10.5. The van der Waals surface area contributed by atoms with E-state index in [-0.39, 0.29) is 0 Å². The molecule has 1 aliphatic rings. The van der Waals surface area contributed by atoms with Crippen molar-refractivity contribution in [1.82, 2.24) is 4.90 Å². The Morgan fingerprint density at radius 1 is 0.971 bits per heavy atom. The molecule has 0 spiro atoms. The molecule has 0 aliphatic heterocycles. The molecule has 0 atom stereocenters. The molecule has 0 saturated heterocycles. The van der Waals surface area contributed by atoms with E-state index in [9.17, 15) is 5.11 Å². The number of anilines is 1. The summed E-state index contributed by atoms with van der Waals surface area (Å²) in [5.41, 5.74) is 15.4. The number of phenols is 1. The van der Waals surface area contributed by atoms with Crippen LogP contribution in [0.5, 0.6) is 11.5 Å². The highest BCUT2D eigenvalue weighted by Gasteiger charge is 2.22. The van der Waals surface area contributed by atoms with Gasteiger partial charge in [-0.2, -0.15) is 0 Å². The maximum Gasteiger partial charge on any atom is 0.142 e. The summed E-state index contributed by atoms with van der Waals surface area (Å²) in [6.07, 6.45) is 6.13. The average molecular weight is 459 g/mol. The minimum absolute atomic E-state index is 0.330. The maximum absolute atomic E-state index is 10.9. The average Bonchev–Trinajstić information content (AvgIpc) is 2.84. The van der Waals surface area contributed by atoms with E-state index >= 15 is 0 Å². The third kappa shape index (κ3) is 5.07. The number of ether oxygens (including phenoxy) is 1. The second-order valence-electron chi connectivity index (χ2n) is 9.83. The van der Waals surface area contributed by atoms with E-state index < -0.39 is 0 Å². The van der Waals surface area contributed by atoms with Gasteiger partial charge in [0.15, 0.2) is 0 Å². The molecule has 1 aliphatic carbocycles. The smallest absolute Gasteiger partial charge is 0.142 e. The molecule has 3 aromatic carbocycles. The number of rotatable bonds is 8. The largest absolute Gasteiger partial charge is 0.507 e. The molecule has 0 amide bonds. The zero-order chi connectivity index (χ0) is 24.2. The first-order valence-corrected chi connectivity index (χ1v) is 12.5. The lowest BCUT2D eigenvalue weighted by molar-refractivity contribution is 0.277. The highest BCUT2D eigenvalue weighted by atomic mass is 16.5. The summed E-state index contributed by atoms with van der Waals surface area (Å²) in [6.45, 7) is 5.49. The highest BCUT2D eigenvalue weighted by Crippen LogP contribution is 2.43. The molecule has 0 saturated carbocycles. The molecule has 0 bridgehead atoms. The minimum Gasteiger partial charge on any atom is -0.507 e. The number of likely N-dealkylation sites (N-methyl/N-ethyl adjacent to an activating group) is 1. The van der Waals surface area contributed by atoms with Gasteiger partial charge in [-0.05, 0) is 98.5 Å². The van der Waals surface area contributed by atoms with Gasteiger partial charge in [0.1, 0.15) is 11.5 Å². The standard InChI is InChI=1S/C30H38N2O2/c1-20(2)32(3)18-17-21-9-11-22(12-10-21)19-26-25(14-16-28(34-4)30(26)31)29-24-8-6-5-7-23(24)13-15-27(29)33/h9-16,20,33H,5-8,17-19,31H2,1-4H3. The van der Waals surface area contributed by atoms with E-state index in [1.165, 1.54) is 28.7 Å². The fourth-order valence-corrected chi connectivity index (χ4v) is 4.95. The molecule has 0 heterocycles. The van der Waals surface area contributed by atoms with Gasteiger partial charge >= 0.3 is 0 Å². The van der Waals surface area contributed by atoms with Crippen LogP contribution in [0.4, 0.5) is 5.69 Å². The van der Waals surface area contributed by atoms with Gasteiger partial charge in [-0.25, -0.2) is 0 Å². The molecule has 4 heteroatoms. The number of benzene rings is 3. The van der Waals surface area contributed by atoms with Gasteiger partial charge in [-0.3, -0.25) is 0 Å². The van der Waals surface area contributed by atoms with Crippen LogP contribution in [0.2, 0.25) is 0 Å². The van der Waals surface area contributed by atoms with Crippen molar-refractivity contribution in [3.63, 3.8) is 0 Å². The zero-order valence-corrected chi connectivity index (χ0v) is 21.0. The van der Waals surface area contributed by atoms with Gasteiger partial charge in [-0.15, -0.1) is 0 Å². The predicted octanol–water partition coefficient (Wildman–Crippen LogP) is 6.00. The molecule has 4 nitrogen and oxygen atoms in total. The van der Waals surface area contributed by atoms with Gasteiger partial charge in [0.25, 0.3) is 0 Å². The van der Waals surface area contributed by atoms with Crippen LogP contribution in [-0.2, 0) is 25.7 Å². The first-order chi connectivity index (χ1) is 16.4. The van der Waals surface area contributed by atoms with Crippen molar-refractivity contribution in [3.05, 3.63) is 76.3 Å². The van der Waals surface area contributed by atoms with E-state index in [4.69, 9.17) is 10.5 Å². The summed E-state index contributed by atoms with van der Waals surface area (Å²) in [7, 11) is 3.82. The second-order valence-corrected chi connectivity index (χ2v) is 9.83. The first-order valence-electron chi connectivity index (χ1n) is 12.5. The number of aryl methyl sites for hydroxylation is 1. The molecule has 4 rings (SSSR count). The summed E-state index contributed by atoms with van der Waals surface area (Å²) in [6, 6.07) is 17.3. The maximum atomic E-state index is 10.9. The molecule has 0 radical (unpaired) electrons. The van der Waals surface area contributed by atoms with Crippen LogP contribution in [0, 0.1) is 0 Å². The third-order valence-corrected chi connectivity index (χ3v) is 7.36. The monoisotopic (exact) mass is 458 g/mol. The molecule has 180 valence electrons. The zero-order valence-electron chi connectivity index (χ0n) is 21.0. The number of phenolic OH excluding ortho intramolecular Hbond substituents is 1. The third-order valence-electron chi connectivity index (χ3n) is 7.36. The van der Waals surface area contributed by atoms with Gasteiger partial charge in [0.2, 0.25) is 0 Å². The Hall–Kier alpha value is -2.98. The van der Waals surface area contributed by atoms with Crippen LogP contribution in [0.25, 0.3) is 11.1 Å². The van der Waals surface area contributed by atoms with Gasteiger partial charge in [-0.1, -0.05) is 36.4 Å². The first kappa shape index (κ1) is 24.2. The van der Waals surface area contributed by atoms with Crippen molar-refractivity contribution < 1.29 is 9.84 Å². The Labute approximate surface area is 204 Å². The molecule has 3 N–H and O–H groups in total. The molecular formula is C30H38N2O2. The predicted molar refractivity (Wildman–Crippen MR) is 142 cm³/mol. The number of fused-ring (bicyclic) bond motifs is 1. The van der Waals surface area contributed by atoms with E-state index in [1.54, 1.807) is 7.11 Å². The number of nitrogens with zero attached hydrogens (tertiary/aromatic N) is 1. The molecular weight excluding hydrogens is 420 g/mol. The van der Waals surface area contributed by atoms with Crippen molar-refractivity contribution in [2.75, 3.05) is 26.4 Å². The highest BCUT2D eigenvalue weighted by molar-refractivity contribution is 5.83. The van der Waals surface area contributed by atoms with Crippen molar-refractivity contribution in [3.8, 4) is 22.6 Å². The fourth-order valence-electron chi connectivity index (χ4n) is 4.95. The van der Waals surface area contributed by atoms with Crippen molar-refractivity contribution in [1.29, 1.82) is 0 Å². The Balaban J connectivity index is 1.68. The number of aromatic hydroxyl groups is 1. The summed E-state index contributed by atoms with van der Waals surface area (Å²) < 4.78 is 5.56. The number of methoxy groups -OCH3 is 1. The fraction of sp³-hybridized carbons (Fsp3) is 0.400. The molecule has 0 aromatic heterocycles. The Morgan fingerprint density at radius 3 is 2.38 bits per heavy atom. The summed E-state index contributed by atoms with van der Waals surface area (Å²) >= 11 is 0. The summed E-state index contributed by atoms with van der Waals surface area (Å²) in [5, 5.41) is 10.9. The number of nitrogen functional groups attached to an aromatic ring is 1. The summed E-state index contributed by atoms with van der Waals surface area (Å²) in [4.78, 5) is 2.37. The van der Waals surface area contributed by atoms with Crippen LogP contribution in [0.15, 0.2) is 48.5 Å². The molecule has 0 unspecified atom stereocenters. The minimum atomic E-state index is 0.330. The van der Waals surface area contributed by atoms with E-state index in [0.717, 1.165) is 48.9 Å². The van der Waals surface area contributed by atoms with Gasteiger partial charge < -0.3 is 20.5 Å². The quantitative estimate of drug-likeness (QED) is 0.406. The molecule has 0 fully saturated rings. The van der Waals surface area contributed by atoms with Crippen LogP contribution < -0.4 is 10.5 Å². The SMILES string of the molecule is COc1ccc(-c2c(O)ccc3c2CCCC3)c(Cc2ccc(CCN(C)C(C)C)cc2)c1N. The van der Waals surface area contributed by atoms with Crippen molar-refractivity contribution in [2.45, 2.75) is 58.4 Å². The Kier molecular flexibility index (Phi) is 7.47. The lowest BCUT2D eigenvalue weighted by Gasteiger charge is -2.23. The van der Waals surface area contributed by atoms with E-state index in [2.05, 4.69) is 62.2 Å². The molecule has 34 heavy (non-hydrogen) atoms. The Bertz CT molecular complexity index is 1140. The van der Waals surface area contributed by atoms with Crippen LogP contribution in [0.3, 0.4) is 0 Å². The number of hydrogen-bond donors (Lipinski definition) is 2. The van der Waals surface area contributed by atoms with Crippen LogP contribution >= 0.6 is 0 Å². The lowest BCUT2D eigenvalue weighted by atomic mass is 9.83. The topological polar surface area (TPSA) is 58.7 Å². The van der Waals surface area contributed by atoms with Gasteiger partial charge in [0.05, 0.1) is 12.8 Å². The number of hydrogen-bond acceptors (Lipinski definition) is 4. The Morgan fingerprint density at radius 2 is 1.68 bits per heavy atom. The van der Waals surface area contributed by atoms with Crippen molar-refractivity contribution >= 4 is 5.69 Å². The normalized spacial score (nSPS) is 13.4. The summed E-state index contributed by atoms with van der Waals surface area (Å²) in [5.74, 6) is 1.01. The number of nitrogens with two attached hydrogens (primary N) is 1.